The molecule has 0 rings (SSSR count). The highest BCUT2D eigenvalue weighted by Gasteiger charge is 2.15. The van der Waals surface area contributed by atoms with Gasteiger partial charge in [0.1, 0.15) is 5.83 Å². The minimum atomic E-state index is -1.39. The van der Waals surface area contributed by atoms with Crippen LogP contribution in [0.4, 0.5) is 8.78 Å². The second-order valence-corrected chi connectivity index (χ2v) is 2.54. The third kappa shape index (κ3) is 4.60. The molecule has 0 aliphatic rings. The first kappa shape index (κ1) is 12.1. The number of carbonyl (C=O) groups excluding carboxylic acids is 1. The normalized spacial score (nSPS) is 12.3. The van der Waals surface area contributed by atoms with Gasteiger partial charge < -0.3 is 4.74 Å². The summed E-state index contributed by atoms with van der Waals surface area (Å²) in [7, 11) is 0. The maximum absolute atomic E-state index is 12.8. The third-order valence-corrected chi connectivity index (χ3v) is 1.44. The quantitative estimate of drug-likeness (QED) is 0.494. The van der Waals surface area contributed by atoms with E-state index in [1.54, 1.807) is 0 Å². The van der Waals surface area contributed by atoms with Gasteiger partial charge in [-0.25, -0.2) is 9.18 Å². The summed E-state index contributed by atoms with van der Waals surface area (Å²) in [6.45, 7) is 3.44. The topological polar surface area (TPSA) is 26.3 Å². The number of esters is 1. The zero-order valence-electron chi connectivity index (χ0n) is 7.90. The van der Waals surface area contributed by atoms with Gasteiger partial charge in [0.2, 0.25) is 5.83 Å². The molecule has 0 fully saturated rings. The molecule has 4 heteroatoms. The van der Waals surface area contributed by atoms with E-state index in [0.29, 0.717) is 6.42 Å². The summed E-state index contributed by atoms with van der Waals surface area (Å²) < 4.78 is 29.8. The Kier molecular flexibility index (Phi) is 6.10. The van der Waals surface area contributed by atoms with Crippen LogP contribution in [0.5, 0.6) is 0 Å². The molecule has 2 nitrogen and oxygen atoms in total. The van der Waals surface area contributed by atoms with E-state index < -0.39 is 17.6 Å². The van der Waals surface area contributed by atoms with Crippen LogP contribution in [0, 0.1) is 0 Å². The summed E-state index contributed by atoms with van der Waals surface area (Å²) in [5, 5.41) is 0. The van der Waals surface area contributed by atoms with Crippen molar-refractivity contribution in [1.82, 2.24) is 0 Å². The molecule has 0 unspecified atom stereocenters. The molecule has 0 radical (unpaired) electrons. The van der Waals surface area contributed by atoms with Crippen LogP contribution in [0.3, 0.4) is 0 Å². The van der Waals surface area contributed by atoms with Crippen LogP contribution in [0.25, 0.3) is 0 Å². The van der Waals surface area contributed by atoms with Gasteiger partial charge in [0, 0.05) is 6.42 Å². The maximum Gasteiger partial charge on any atom is 0.369 e. The van der Waals surface area contributed by atoms with Crippen LogP contribution >= 0.6 is 0 Å². The predicted octanol–water partition coefficient (Wildman–Crippen LogP) is 2.89. The highest BCUT2D eigenvalue weighted by molar-refractivity contribution is 5.86. The van der Waals surface area contributed by atoms with E-state index in [0.717, 1.165) is 6.42 Å². The number of unbranched alkanes of at least 4 members (excludes halogenated alkanes) is 1. The summed E-state index contributed by atoms with van der Waals surface area (Å²) >= 11 is 0. The molecular weight excluding hydrogens is 178 g/mol. The predicted molar refractivity (Wildman–Crippen MR) is 45.4 cm³/mol. The lowest BCUT2D eigenvalue weighted by atomic mass is 10.2. The van der Waals surface area contributed by atoms with Crippen molar-refractivity contribution in [2.24, 2.45) is 0 Å². The van der Waals surface area contributed by atoms with Gasteiger partial charge in [0.05, 0.1) is 6.61 Å². The van der Waals surface area contributed by atoms with Gasteiger partial charge in [-0.05, 0) is 13.3 Å². The minimum absolute atomic E-state index is 0.0405. The van der Waals surface area contributed by atoms with Crippen molar-refractivity contribution in [3.63, 3.8) is 0 Å². The SMILES string of the molecule is CCCC/C(F)=C(/F)C(=O)OCC. The number of halogens is 2. The van der Waals surface area contributed by atoms with Crippen LogP contribution in [-0.4, -0.2) is 12.6 Å². The van der Waals surface area contributed by atoms with Crippen LogP contribution in [-0.2, 0) is 9.53 Å². The number of rotatable bonds is 5. The molecular formula is C9H14F2O2. The average molecular weight is 192 g/mol. The van der Waals surface area contributed by atoms with E-state index in [1.165, 1.54) is 6.92 Å². The molecule has 0 aromatic rings. The van der Waals surface area contributed by atoms with Crippen molar-refractivity contribution < 1.29 is 18.3 Å². The summed E-state index contributed by atoms with van der Waals surface area (Å²) in [6.07, 6.45) is 1.24. The van der Waals surface area contributed by atoms with Gasteiger partial charge in [-0.3, -0.25) is 0 Å². The van der Waals surface area contributed by atoms with E-state index in [2.05, 4.69) is 4.74 Å². The average Bonchev–Trinajstić information content (AvgIpc) is 2.13. The Morgan fingerprint density at radius 2 is 1.92 bits per heavy atom. The highest BCUT2D eigenvalue weighted by atomic mass is 19.2. The van der Waals surface area contributed by atoms with Gasteiger partial charge in [-0.2, -0.15) is 4.39 Å². The van der Waals surface area contributed by atoms with Crippen LogP contribution in [0.2, 0.25) is 0 Å². The van der Waals surface area contributed by atoms with Crippen LogP contribution in [0.15, 0.2) is 11.7 Å². The second-order valence-electron chi connectivity index (χ2n) is 2.54. The zero-order valence-corrected chi connectivity index (χ0v) is 7.90. The Morgan fingerprint density at radius 1 is 1.31 bits per heavy atom. The Hall–Kier alpha value is -0.930. The van der Waals surface area contributed by atoms with Gasteiger partial charge in [0.25, 0.3) is 0 Å². The summed E-state index contributed by atoms with van der Waals surface area (Å²) in [5.74, 6) is -3.62. The molecule has 0 bridgehead atoms. The van der Waals surface area contributed by atoms with Gasteiger partial charge in [0.15, 0.2) is 0 Å². The lowest BCUT2D eigenvalue weighted by molar-refractivity contribution is -0.140. The fraction of sp³-hybridized carbons (Fsp3) is 0.667. The summed E-state index contributed by atoms with van der Waals surface area (Å²) in [4.78, 5) is 10.7. The molecule has 0 N–H and O–H groups in total. The summed E-state index contributed by atoms with van der Waals surface area (Å²) in [6, 6.07) is 0. The molecule has 0 heterocycles. The molecule has 0 aliphatic carbocycles. The van der Waals surface area contributed by atoms with Crippen molar-refractivity contribution in [2.75, 3.05) is 6.61 Å². The van der Waals surface area contributed by atoms with Crippen molar-refractivity contribution in [1.29, 1.82) is 0 Å². The Balaban J connectivity index is 4.15. The Labute approximate surface area is 76.6 Å². The van der Waals surface area contributed by atoms with E-state index in [9.17, 15) is 13.6 Å². The molecule has 0 aromatic carbocycles. The molecule has 0 saturated carbocycles. The fourth-order valence-electron chi connectivity index (χ4n) is 0.747. The molecule has 0 spiro atoms. The largest absolute Gasteiger partial charge is 0.461 e. The Morgan fingerprint density at radius 3 is 2.38 bits per heavy atom. The number of hydrogen-bond acceptors (Lipinski definition) is 2. The molecule has 0 aliphatic heterocycles. The number of ether oxygens (including phenoxy) is 1. The number of hydrogen-bond donors (Lipinski definition) is 0. The maximum atomic E-state index is 12.8. The first-order valence-electron chi connectivity index (χ1n) is 4.34. The van der Waals surface area contributed by atoms with Crippen LogP contribution in [0.1, 0.15) is 33.1 Å². The second kappa shape index (κ2) is 6.57. The molecule has 0 atom stereocenters. The monoisotopic (exact) mass is 192 g/mol. The van der Waals surface area contributed by atoms with E-state index >= 15 is 0 Å². The lowest BCUT2D eigenvalue weighted by Crippen LogP contribution is -2.05. The third-order valence-electron chi connectivity index (χ3n) is 1.44. The number of carbonyl (C=O) groups is 1. The lowest BCUT2D eigenvalue weighted by Gasteiger charge is -2.00. The minimum Gasteiger partial charge on any atom is -0.461 e. The van der Waals surface area contributed by atoms with E-state index in [1.807, 2.05) is 6.92 Å². The van der Waals surface area contributed by atoms with E-state index in [4.69, 9.17) is 0 Å². The van der Waals surface area contributed by atoms with Gasteiger partial charge >= 0.3 is 5.97 Å². The smallest absolute Gasteiger partial charge is 0.369 e. The molecule has 0 amide bonds. The Bertz CT molecular complexity index is 200. The molecule has 0 aromatic heterocycles. The van der Waals surface area contributed by atoms with Gasteiger partial charge in [-0.15, -0.1) is 0 Å². The van der Waals surface area contributed by atoms with Gasteiger partial charge in [-0.1, -0.05) is 13.3 Å². The number of allylic oxidation sites excluding steroid dienone is 1. The van der Waals surface area contributed by atoms with Crippen molar-refractivity contribution in [3.05, 3.63) is 11.7 Å². The van der Waals surface area contributed by atoms with E-state index in [-0.39, 0.29) is 13.0 Å². The highest BCUT2D eigenvalue weighted by Crippen LogP contribution is 2.16. The van der Waals surface area contributed by atoms with Crippen molar-refractivity contribution in [3.8, 4) is 0 Å². The molecule has 13 heavy (non-hydrogen) atoms. The molecule has 0 saturated heterocycles. The summed E-state index contributed by atoms with van der Waals surface area (Å²) in [5.41, 5.74) is 0. The fourth-order valence-corrected chi connectivity index (χ4v) is 0.747. The van der Waals surface area contributed by atoms with Crippen LogP contribution < -0.4 is 0 Å². The standard InChI is InChI=1S/C9H14F2O2/c1-3-5-6-7(10)8(11)9(12)13-4-2/h3-6H2,1-2H3/b8-7-. The zero-order chi connectivity index (χ0) is 10.3. The first-order valence-corrected chi connectivity index (χ1v) is 4.34. The van der Waals surface area contributed by atoms with Crippen molar-refractivity contribution >= 4 is 5.97 Å². The van der Waals surface area contributed by atoms with Crippen molar-refractivity contribution in [2.45, 2.75) is 33.1 Å². The first-order chi connectivity index (χ1) is 6.13. The molecule has 76 valence electrons.